The third kappa shape index (κ3) is 4.58. The van der Waals surface area contributed by atoms with Crippen molar-refractivity contribution in [3.05, 3.63) is 22.7 Å². The first kappa shape index (κ1) is 16.6. The summed E-state index contributed by atoms with van der Waals surface area (Å²) < 4.78 is 10.9. The van der Waals surface area contributed by atoms with Crippen LogP contribution in [0.5, 0.6) is 11.5 Å². The number of rotatable bonds is 7. The lowest BCUT2D eigenvalue weighted by molar-refractivity contribution is -0.137. The maximum Gasteiger partial charge on any atom is 0.303 e. The van der Waals surface area contributed by atoms with Crippen molar-refractivity contribution in [3.63, 3.8) is 0 Å². The highest BCUT2D eigenvalue weighted by molar-refractivity contribution is 6.31. The highest BCUT2D eigenvalue weighted by atomic mass is 35.5. The van der Waals surface area contributed by atoms with Crippen molar-refractivity contribution in [2.45, 2.75) is 38.8 Å². The SMILES string of the molecule is COc1cc(C(N)CCC(=O)O)c(Cl)cc1OC(C)C. The van der Waals surface area contributed by atoms with Crippen LogP contribution in [-0.4, -0.2) is 24.3 Å². The Morgan fingerprint density at radius 3 is 2.55 bits per heavy atom. The second-order valence-electron chi connectivity index (χ2n) is 4.73. The van der Waals surface area contributed by atoms with Crippen LogP contribution in [0.3, 0.4) is 0 Å². The molecule has 20 heavy (non-hydrogen) atoms. The van der Waals surface area contributed by atoms with Crippen LogP contribution in [0.2, 0.25) is 5.02 Å². The summed E-state index contributed by atoms with van der Waals surface area (Å²) in [5.41, 5.74) is 6.63. The van der Waals surface area contributed by atoms with Gasteiger partial charge in [0, 0.05) is 23.6 Å². The Hall–Kier alpha value is -1.46. The second kappa shape index (κ2) is 7.36. The Kier molecular flexibility index (Phi) is 6.10. The molecular formula is C14H20ClNO4. The topological polar surface area (TPSA) is 81.8 Å². The minimum atomic E-state index is -0.886. The molecular weight excluding hydrogens is 282 g/mol. The Balaban J connectivity index is 3.00. The number of carboxylic acid groups (broad SMARTS) is 1. The van der Waals surface area contributed by atoms with E-state index >= 15 is 0 Å². The van der Waals surface area contributed by atoms with Gasteiger partial charge in [-0.15, -0.1) is 0 Å². The van der Waals surface area contributed by atoms with Gasteiger partial charge >= 0.3 is 5.97 Å². The Morgan fingerprint density at radius 1 is 1.40 bits per heavy atom. The molecule has 0 aliphatic heterocycles. The lowest BCUT2D eigenvalue weighted by Gasteiger charge is -2.18. The first-order valence-electron chi connectivity index (χ1n) is 6.36. The fourth-order valence-electron chi connectivity index (χ4n) is 1.78. The minimum Gasteiger partial charge on any atom is -0.493 e. The van der Waals surface area contributed by atoms with Gasteiger partial charge in [-0.05, 0) is 31.9 Å². The van der Waals surface area contributed by atoms with Gasteiger partial charge < -0.3 is 20.3 Å². The van der Waals surface area contributed by atoms with Gasteiger partial charge in [-0.1, -0.05) is 11.6 Å². The molecule has 5 nitrogen and oxygen atoms in total. The van der Waals surface area contributed by atoms with Gasteiger partial charge in [-0.2, -0.15) is 0 Å². The third-order valence-corrected chi connectivity index (χ3v) is 3.04. The summed E-state index contributed by atoms with van der Waals surface area (Å²) in [5, 5.41) is 9.13. The van der Waals surface area contributed by atoms with E-state index in [0.29, 0.717) is 28.5 Å². The van der Waals surface area contributed by atoms with Crippen LogP contribution in [-0.2, 0) is 4.79 Å². The molecule has 0 bridgehead atoms. The van der Waals surface area contributed by atoms with E-state index in [2.05, 4.69) is 0 Å². The van der Waals surface area contributed by atoms with Crippen LogP contribution < -0.4 is 15.2 Å². The summed E-state index contributed by atoms with van der Waals surface area (Å²) in [6.07, 6.45) is 0.290. The zero-order chi connectivity index (χ0) is 15.3. The predicted molar refractivity (Wildman–Crippen MR) is 77.6 cm³/mol. The molecule has 1 atom stereocenters. The lowest BCUT2D eigenvalue weighted by atomic mass is 10.0. The second-order valence-corrected chi connectivity index (χ2v) is 5.14. The normalized spacial score (nSPS) is 12.3. The summed E-state index contributed by atoms with van der Waals surface area (Å²) in [7, 11) is 1.53. The number of halogens is 1. The van der Waals surface area contributed by atoms with Crippen molar-refractivity contribution >= 4 is 17.6 Å². The molecule has 112 valence electrons. The number of carboxylic acids is 1. The molecule has 0 amide bonds. The number of methoxy groups -OCH3 is 1. The molecule has 0 spiro atoms. The molecule has 0 aliphatic rings. The van der Waals surface area contributed by atoms with Gasteiger partial charge in [-0.3, -0.25) is 4.79 Å². The van der Waals surface area contributed by atoms with E-state index in [1.165, 1.54) is 7.11 Å². The van der Waals surface area contributed by atoms with Gasteiger partial charge in [0.05, 0.1) is 13.2 Å². The average Bonchev–Trinajstić information content (AvgIpc) is 2.35. The standard InChI is InChI=1S/C14H20ClNO4/c1-8(2)20-13-7-10(15)9(6-12(13)19-3)11(16)4-5-14(17)18/h6-8,11H,4-5,16H2,1-3H3,(H,17,18). The van der Waals surface area contributed by atoms with Crippen molar-refractivity contribution in [2.24, 2.45) is 5.73 Å². The summed E-state index contributed by atoms with van der Waals surface area (Å²) in [5.74, 6) is 0.189. The zero-order valence-electron chi connectivity index (χ0n) is 11.9. The molecule has 3 N–H and O–H groups in total. The van der Waals surface area contributed by atoms with Crippen molar-refractivity contribution in [1.82, 2.24) is 0 Å². The van der Waals surface area contributed by atoms with Gasteiger partial charge in [0.15, 0.2) is 11.5 Å². The van der Waals surface area contributed by atoms with Crippen LogP contribution in [0, 0.1) is 0 Å². The minimum absolute atomic E-state index is 0.00787. The van der Waals surface area contributed by atoms with Crippen LogP contribution >= 0.6 is 11.6 Å². The summed E-state index contributed by atoms with van der Waals surface area (Å²) in [6.45, 7) is 3.81. The molecule has 1 aromatic carbocycles. The van der Waals surface area contributed by atoms with Crippen LogP contribution in [0.15, 0.2) is 12.1 Å². The van der Waals surface area contributed by atoms with E-state index in [1.54, 1.807) is 12.1 Å². The monoisotopic (exact) mass is 301 g/mol. The van der Waals surface area contributed by atoms with Crippen LogP contribution in [0.4, 0.5) is 0 Å². The molecule has 0 radical (unpaired) electrons. The van der Waals surface area contributed by atoms with E-state index < -0.39 is 12.0 Å². The highest BCUT2D eigenvalue weighted by Crippen LogP contribution is 2.36. The molecule has 1 unspecified atom stereocenters. The molecule has 0 saturated carbocycles. The lowest BCUT2D eigenvalue weighted by Crippen LogP contribution is -2.14. The fraction of sp³-hybridized carbons (Fsp3) is 0.500. The van der Waals surface area contributed by atoms with E-state index in [4.69, 9.17) is 31.9 Å². The Labute approximate surface area is 123 Å². The summed E-state index contributed by atoms with van der Waals surface area (Å²) in [4.78, 5) is 10.6. The third-order valence-electron chi connectivity index (χ3n) is 2.71. The van der Waals surface area contributed by atoms with Gasteiger partial charge in [0.1, 0.15) is 0 Å². The number of hydrogen-bond donors (Lipinski definition) is 2. The van der Waals surface area contributed by atoms with Crippen LogP contribution in [0.1, 0.15) is 38.3 Å². The molecule has 0 heterocycles. The molecule has 0 aliphatic carbocycles. The predicted octanol–water partition coefficient (Wildman–Crippen LogP) is 3.00. The molecule has 6 heteroatoms. The molecule has 0 saturated heterocycles. The maximum absolute atomic E-state index is 10.6. The van der Waals surface area contributed by atoms with E-state index in [0.717, 1.165) is 0 Å². The maximum atomic E-state index is 10.6. The average molecular weight is 302 g/mol. The van der Waals surface area contributed by atoms with E-state index in [9.17, 15) is 4.79 Å². The van der Waals surface area contributed by atoms with Gasteiger partial charge in [0.2, 0.25) is 0 Å². The van der Waals surface area contributed by atoms with Gasteiger partial charge in [-0.25, -0.2) is 0 Å². The molecule has 0 aromatic heterocycles. The first-order chi connectivity index (χ1) is 9.35. The quantitative estimate of drug-likeness (QED) is 0.809. The number of benzene rings is 1. The molecule has 1 rings (SSSR count). The number of aliphatic carboxylic acids is 1. The summed E-state index contributed by atoms with van der Waals surface area (Å²) in [6, 6.07) is 2.89. The number of ether oxygens (including phenoxy) is 2. The van der Waals surface area contributed by atoms with Crippen molar-refractivity contribution in [2.75, 3.05) is 7.11 Å². The molecule has 1 aromatic rings. The van der Waals surface area contributed by atoms with E-state index in [-0.39, 0.29) is 12.5 Å². The smallest absolute Gasteiger partial charge is 0.303 e. The fourth-order valence-corrected chi connectivity index (χ4v) is 2.07. The number of carbonyl (C=O) groups is 1. The van der Waals surface area contributed by atoms with Crippen LogP contribution in [0.25, 0.3) is 0 Å². The van der Waals surface area contributed by atoms with E-state index in [1.807, 2.05) is 13.8 Å². The molecule has 0 fully saturated rings. The Bertz CT molecular complexity index is 476. The first-order valence-corrected chi connectivity index (χ1v) is 6.74. The summed E-state index contributed by atoms with van der Waals surface area (Å²) >= 11 is 6.19. The van der Waals surface area contributed by atoms with Crippen molar-refractivity contribution in [3.8, 4) is 11.5 Å². The zero-order valence-corrected chi connectivity index (χ0v) is 12.6. The highest BCUT2D eigenvalue weighted by Gasteiger charge is 2.17. The number of hydrogen-bond acceptors (Lipinski definition) is 4. The van der Waals surface area contributed by atoms with Gasteiger partial charge in [0.25, 0.3) is 0 Å². The van der Waals surface area contributed by atoms with Crippen molar-refractivity contribution in [1.29, 1.82) is 0 Å². The largest absolute Gasteiger partial charge is 0.493 e. The number of nitrogens with two attached hydrogens (primary N) is 1. The van der Waals surface area contributed by atoms with Crippen molar-refractivity contribution < 1.29 is 19.4 Å². The Morgan fingerprint density at radius 2 is 2.05 bits per heavy atom.